The minimum atomic E-state index is -1.41. The average molecular weight is 451 g/mol. The number of nitrogens with zero attached hydrogens (tertiary/aromatic N) is 2. The zero-order valence-corrected chi connectivity index (χ0v) is 16.5. The van der Waals surface area contributed by atoms with Crippen LogP contribution in [0, 0.1) is 0 Å². The number of rotatable bonds is 11. The maximum Gasteiger partial charge on any atom is 2.00 e. The maximum absolute atomic E-state index is 12.4. The molecule has 0 aliphatic heterocycles. The molecule has 3 atom stereocenters. The smallest absolute Gasteiger partial charge is 0.670 e. The molecule has 0 unspecified atom stereocenters. The summed E-state index contributed by atoms with van der Waals surface area (Å²) in [6, 6.07) is -3.48. The van der Waals surface area contributed by atoms with Gasteiger partial charge in [0.05, 0.1) is 24.0 Å². The van der Waals surface area contributed by atoms with Crippen molar-refractivity contribution in [1.82, 2.24) is 15.3 Å². The van der Waals surface area contributed by atoms with E-state index < -0.39 is 35.9 Å². The van der Waals surface area contributed by atoms with Crippen LogP contribution in [0.4, 0.5) is 0 Å². The Balaban J connectivity index is 0. The summed E-state index contributed by atoms with van der Waals surface area (Å²) < 4.78 is 0. The van der Waals surface area contributed by atoms with Gasteiger partial charge >= 0.3 is 17.1 Å². The van der Waals surface area contributed by atoms with Gasteiger partial charge in [0.1, 0.15) is 0 Å². The summed E-state index contributed by atoms with van der Waals surface area (Å²) in [5, 5.41) is 17.3. The largest absolute Gasteiger partial charge is 2.00 e. The number of carbonyl (C=O) groups is 3. The molecule has 1 heterocycles. The molecule has 1 aromatic heterocycles. The van der Waals surface area contributed by atoms with Crippen LogP contribution >= 0.6 is 12.4 Å². The molecule has 0 fully saturated rings. The molecule has 0 spiro atoms. The van der Waals surface area contributed by atoms with Gasteiger partial charge in [0.15, 0.2) is 0 Å². The molecule has 1 aromatic rings. The molecule has 5 N–H and O–H groups in total. The Labute approximate surface area is 174 Å². The van der Waals surface area contributed by atoms with Crippen LogP contribution in [-0.2, 0) is 37.9 Å². The molecule has 0 aliphatic rings. The van der Waals surface area contributed by atoms with Crippen molar-refractivity contribution in [3.05, 3.63) is 29.3 Å². The van der Waals surface area contributed by atoms with Gasteiger partial charge in [-0.15, -0.1) is 12.4 Å². The summed E-state index contributed by atoms with van der Waals surface area (Å²) in [5.74, 6) is -2.90. The van der Waals surface area contributed by atoms with Crippen molar-refractivity contribution in [3.63, 3.8) is 0 Å². The van der Waals surface area contributed by atoms with E-state index in [4.69, 9.17) is 11.5 Å². The molecule has 12 heteroatoms. The van der Waals surface area contributed by atoms with Crippen LogP contribution in [0.15, 0.2) is 12.5 Å². The number of nitrogens with one attached hydrogen (secondary N) is 3. The van der Waals surface area contributed by atoms with Gasteiger partial charge in [0.25, 0.3) is 0 Å². The van der Waals surface area contributed by atoms with E-state index >= 15 is 0 Å². The first kappa shape index (κ1) is 27.6. The first-order valence-corrected chi connectivity index (χ1v) is 8.00. The molecule has 0 aromatic carbocycles. The summed E-state index contributed by atoms with van der Waals surface area (Å²) >= 11 is 0. The molecule has 0 saturated heterocycles. The van der Waals surface area contributed by atoms with E-state index in [-0.39, 0.29) is 42.3 Å². The molecule has 157 valence electrons. The van der Waals surface area contributed by atoms with Crippen molar-refractivity contribution in [2.75, 3.05) is 6.54 Å². The molecule has 2 amide bonds. The minimum absolute atomic E-state index is 0. The number of aliphatic carboxylic acids is 1. The number of carboxylic acid groups (broad SMARTS) is 1. The monoisotopic (exact) mass is 450 g/mol. The molecule has 10 nitrogen and oxygen atoms in total. The Kier molecular flexibility index (Phi) is 14.7. The van der Waals surface area contributed by atoms with Crippen molar-refractivity contribution in [1.29, 1.82) is 0 Å². The zero-order chi connectivity index (χ0) is 18.8. The van der Waals surface area contributed by atoms with E-state index in [1.165, 1.54) is 13.3 Å². The predicted molar refractivity (Wildman–Crippen MR) is 95.3 cm³/mol. The topological polar surface area (TPSA) is 179 Å². The van der Waals surface area contributed by atoms with Gasteiger partial charge < -0.3 is 41.8 Å². The Hall–Kier alpha value is -1.65. The second-order valence-corrected chi connectivity index (χ2v) is 5.63. The van der Waals surface area contributed by atoms with E-state index in [0.717, 1.165) is 0 Å². The number of imidazole rings is 1. The zero-order valence-electron chi connectivity index (χ0n) is 14.7. The van der Waals surface area contributed by atoms with E-state index in [0.29, 0.717) is 25.1 Å². The Morgan fingerprint density at radius 1 is 1.41 bits per heavy atom. The molecular formula is C15H24ClCuN6O4-. The number of nitrogens with two attached hydrogens (primary N) is 1. The number of unbranched alkanes of at least 4 members (excludes halogenated alkanes) is 1. The van der Waals surface area contributed by atoms with Gasteiger partial charge in [-0.3, -0.25) is 4.79 Å². The molecular weight excluding hydrogens is 427 g/mol. The van der Waals surface area contributed by atoms with E-state index in [1.807, 2.05) is 0 Å². The maximum atomic E-state index is 12.4. The van der Waals surface area contributed by atoms with Crippen LogP contribution in [0.5, 0.6) is 0 Å². The van der Waals surface area contributed by atoms with E-state index in [9.17, 15) is 19.5 Å². The van der Waals surface area contributed by atoms with Crippen LogP contribution in [0.25, 0.3) is 11.1 Å². The van der Waals surface area contributed by atoms with Gasteiger partial charge in [0.2, 0.25) is 5.91 Å². The van der Waals surface area contributed by atoms with Gasteiger partial charge in [0, 0.05) is 12.1 Å². The first-order valence-electron chi connectivity index (χ1n) is 8.00. The number of aromatic nitrogens is 2. The number of halogens is 1. The number of hydrogen-bond donors (Lipinski definition) is 3. The summed E-state index contributed by atoms with van der Waals surface area (Å²) in [6.45, 7) is 1.76. The van der Waals surface area contributed by atoms with Crippen molar-refractivity contribution >= 4 is 30.2 Å². The molecule has 0 saturated carbocycles. The van der Waals surface area contributed by atoms with Crippen molar-refractivity contribution in [2.45, 2.75) is 50.7 Å². The standard InChI is InChI=1S/C15H25N6O4.ClH.Cu/c1-9(17)13(22)21-12(6-10-7-18-8-19-10)14(23)20-11(15(24)25)4-2-3-5-16;;/h7-9,11-12,17H,2-6,16H2,1H3,(H4,18,19,20,21,22,23,24,25);1H;/q-1;;+2/p-2/t9-,11-,12-;;/m0../s1. The Morgan fingerprint density at radius 3 is 2.56 bits per heavy atom. The second-order valence-electron chi connectivity index (χ2n) is 5.63. The van der Waals surface area contributed by atoms with Crippen LogP contribution < -0.4 is 16.2 Å². The average Bonchev–Trinajstić information content (AvgIpc) is 3.06. The van der Waals surface area contributed by atoms with Gasteiger partial charge in [-0.2, -0.15) is 0 Å². The van der Waals surface area contributed by atoms with Crippen LogP contribution in [0.3, 0.4) is 0 Å². The normalized spacial score (nSPS) is 13.3. The van der Waals surface area contributed by atoms with Gasteiger partial charge in [-0.05, 0) is 38.3 Å². The quantitative estimate of drug-likeness (QED) is 0.300. The van der Waals surface area contributed by atoms with Crippen molar-refractivity contribution in [2.24, 2.45) is 5.73 Å². The predicted octanol–water partition coefficient (Wildman–Crippen LogP) is -0.555. The molecule has 0 aliphatic carbocycles. The van der Waals surface area contributed by atoms with Crippen LogP contribution in [0.1, 0.15) is 31.9 Å². The van der Waals surface area contributed by atoms with Crippen LogP contribution in [0.2, 0.25) is 0 Å². The first-order chi connectivity index (χ1) is 11.8. The van der Waals surface area contributed by atoms with E-state index in [1.54, 1.807) is 6.20 Å². The third kappa shape index (κ3) is 10.3. The summed E-state index contributed by atoms with van der Waals surface area (Å²) in [6.07, 6.45) is 4.27. The Morgan fingerprint density at radius 2 is 2.07 bits per heavy atom. The summed E-state index contributed by atoms with van der Waals surface area (Å²) in [7, 11) is 0. The number of amides is 2. The van der Waals surface area contributed by atoms with Crippen LogP contribution in [-0.4, -0.2) is 52.4 Å². The number of carboxylic acids is 1. The van der Waals surface area contributed by atoms with E-state index in [2.05, 4.69) is 20.6 Å². The van der Waals surface area contributed by atoms with Crippen molar-refractivity contribution < 1.29 is 36.6 Å². The number of carbonyl (C=O) groups excluding carboxylic acids is 3. The minimum Gasteiger partial charge on any atom is -0.670 e. The third-order valence-corrected chi connectivity index (χ3v) is 3.46. The number of aromatic amines is 1. The summed E-state index contributed by atoms with van der Waals surface area (Å²) in [5.41, 5.74) is 13.2. The summed E-state index contributed by atoms with van der Waals surface area (Å²) in [4.78, 5) is 42.0. The fourth-order valence-electron chi connectivity index (χ4n) is 2.07. The molecule has 1 rings (SSSR count). The SMILES string of the molecule is C[C@H]([NH-])C(=O)[N-][C@@H](Cc1c[nH]cn1)C(=O)N[C@@H](CCCCN)C(=O)[O-].Cl.[Cu+2]. The number of hydrogen-bond acceptors (Lipinski definition) is 6. The molecule has 0 bridgehead atoms. The third-order valence-electron chi connectivity index (χ3n) is 3.46. The second kappa shape index (κ2) is 14.4. The Bertz CT molecular complexity index is 573. The fraction of sp³-hybridized carbons (Fsp3) is 0.600. The fourth-order valence-corrected chi connectivity index (χ4v) is 2.07. The van der Waals surface area contributed by atoms with Gasteiger partial charge in [-0.25, -0.2) is 4.98 Å². The number of H-pyrrole nitrogens is 1. The molecule has 1 radical (unpaired) electrons. The van der Waals surface area contributed by atoms with Crippen molar-refractivity contribution in [3.8, 4) is 0 Å². The molecule has 27 heavy (non-hydrogen) atoms. The van der Waals surface area contributed by atoms with Gasteiger partial charge in [-0.1, -0.05) is 13.0 Å².